The van der Waals surface area contributed by atoms with Crippen molar-refractivity contribution in [1.82, 2.24) is 9.78 Å². The quantitative estimate of drug-likeness (QED) is 0.904. The molecule has 1 unspecified atom stereocenters. The molecule has 2 rings (SSSR count). The van der Waals surface area contributed by atoms with Crippen LogP contribution in [0.25, 0.3) is 0 Å². The number of aromatic nitrogens is 2. The second-order valence-corrected chi connectivity index (χ2v) is 6.96. The van der Waals surface area contributed by atoms with E-state index in [0.717, 1.165) is 6.42 Å². The maximum absolute atomic E-state index is 11.8. The minimum atomic E-state index is -0.288. The highest BCUT2D eigenvalue weighted by Gasteiger charge is 2.46. The van der Waals surface area contributed by atoms with E-state index in [4.69, 9.17) is 4.74 Å². The highest BCUT2D eigenvalue weighted by molar-refractivity contribution is 9.10. The van der Waals surface area contributed by atoms with Crippen LogP contribution in [0.5, 0.6) is 0 Å². The maximum atomic E-state index is 11.8. The summed E-state index contributed by atoms with van der Waals surface area (Å²) in [5, 5.41) is 7.41. The summed E-state index contributed by atoms with van der Waals surface area (Å²) >= 11 is 3.33. The van der Waals surface area contributed by atoms with Crippen molar-refractivity contribution in [3.05, 3.63) is 21.0 Å². The van der Waals surface area contributed by atoms with Gasteiger partial charge in [-0.25, -0.2) is 4.68 Å². The molecular formula is C13H20BrN3O2. The smallest absolute Gasteiger partial charge is 0.282 e. The molecule has 1 saturated heterocycles. The van der Waals surface area contributed by atoms with Gasteiger partial charge < -0.3 is 10.1 Å². The Balaban J connectivity index is 2.28. The second-order valence-electron chi connectivity index (χ2n) is 6.17. The predicted octanol–water partition coefficient (Wildman–Crippen LogP) is 2.30. The number of aryl methyl sites for hydroxylation is 1. The van der Waals surface area contributed by atoms with Gasteiger partial charge in [-0.05, 0) is 50.0 Å². The van der Waals surface area contributed by atoms with Crippen LogP contribution >= 0.6 is 15.9 Å². The van der Waals surface area contributed by atoms with E-state index in [2.05, 4.69) is 54.0 Å². The van der Waals surface area contributed by atoms with Gasteiger partial charge in [0, 0.05) is 7.05 Å². The van der Waals surface area contributed by atoms with E-state index >= 15 is 0 Å². The summed E-state index contributed by atoms with van der Waals surface area (Å²) in [6, 6.07) is 0.132. The van der Waals surface area contributed by atoms with E-state index < -0.39 is 0 Å². The molecule has 19 heavy (non-hydrogen) atoms. The molecule has 5 nitrogen and oxygen atoms in total. The largest absolute Gasteiger partial charge is 0.377 e. The van der Waals surface area contributed by atoms with Crippen LogP contribution in [0.3, 0.4) is 0 Å². The van der Waals surface area contributed by atoms with E-state index in [0.29, 0.717) is 10.2 Å². The molecule has 0 saturated carbocycles. The molecular weight excluding hydrogens is 310 g/mol. The van der Waals surface area contributed by atoms with Crippen molar-refractivity contribution >= 4 is 21.6 Å². The van der Waals surface area contributed by atoms with Crippen molar-refractivity contribution in [1.29, 1.82) is 0 Å². The summed E-state index contributed by atoms with van der Waals surface area (Å²) in [5.74, 6) is 0. The number of hydrogen-bond acceptors (Lipinski definition) is 4. The van der Waals surface area contributed by atoms with Crippen LogP contribution in [0, 0.1) is 0 Å². The number of ether oxygens (including phenoxy) is 1. The third-order valence-electron chi connectivity index (χ3n) is 3.48. The molecule has 0 radical (unpaired) electrons. The van der Waals surface area contributed by atoms with Crippen LogP contribution in [-0.4, -0.2) is 27.0 Å². The zero-order valence-corrected chi connectivity index (χ0v) is 13.5. The highest BCUT2D eigenvalue weighted by atomic mass is 79.9. The summed E-state index contributed by atoms with van der Waals surface area (Å²) in [4.78, 5) is 11.8. The lowest BCUT2D eigenvalue weighted by atomic mass is 9.94. The van der Waals surface area contributed by atoms with Crippen LogP contribution in [0.1, 0.15) is 34.1 Å². The van der Waals surface area contributed by atoms with Gasteiger partial charge in [0.2, 0.25) is 0 Å². The summed E-state index contributed by atoms with van der Waals surface area (Å²) in [6.07, 6.45) is 2.54. The SMILES string of the molecule is Cn1ncc(NC2CC(C)(C)OC2(C)C)c(Br)c1=O. The Bertz CT molecular complexity index is 551. The van der Waals surface area contributed by atoms with Gasteiger partial charge in [0.25, 0.3) is 5.56 Å². The van der Waals surface area contributed by atoms with Crippen molar-refractivity contribution < 1.29 is 4.74 Å². The van der Waals surface area contributed by atoms with E-state index in [1.165, 1.54) is 4.68 Å². The third kappa shape index (κ3) is 2.84. The maximum Gasteiger partial charge on any atom is 0.282 e. The van der Waals surface area contributed by atoms with Crippen molar-refractivity contribution in [3.8, 4) is 0 Å². The highest BCUT2D eigenvalue weighted by Crippen LogP contribution is 2.39. The monoisotopic (exact) mass is 329 g/mol. The molecule has 1 N–H and O–H groups in total. The van der Waals surface area contributed by atoms with Crippen molar-refractivity contribution in [2.45, 2.75) is 51.4 Å². The molecule has 0 aliphatic carbocycles. The summed E-state index contributed by atoms with van der Waals surface area (Å²) in [5.41, 5.74) is 0.105. The van der Waals surface area contributed by atoms with Gasteiger partial charge in [0.15, 0.2) is 0 Å². The first kappa shape index (κ1) is 14.5. The van der Waals surface area contributed by atoms with Crippen LogP contribution in [0.4, 0.5) is 5.69 Å². The summed E-state index contributed by atoms with van der Waals surface area (Å²) < 4.78 is 7.84. The number of nitrogens with zero attached hydrogens (tertiary/aromatic N) is 2. The van der Waals surface area contributed by atoms with Crippen LogP contribution < -0.4 is 10.9 Å². The number of halogens is 1. The summed E-state index contributed by atoms with van der Waals surface area (Å²) in [6.45, 7) is 8.27. The van der Waals surface area contributed by atoms with Gasteiger partial charge in [-0.1, -0.05) is 0 Å². The lowest BCUT2D eigenvalue weighted by molar-refractivity contribution is -0.0662. The standard InChI is InChI=1S/C13H20BrN3O2/c1-12(2)6-9(13(3,4)19-12)16-8-7-15-17(5)11(18)10(8)14/h7,9,16H,6H2,1-5H3. The fourth-order valence-corrected chi connectivity index (χ4v) is 3.06. The Morgan fingerprint density at radius 1 is 1.47 bits per heavy atom. The molecule has 1 atom stereocenters. The Kier molecular flexibility index (Phi) is 3.51. The molecule has 0 amide bonds. The molecule has 106 valence electrons. The van der Waals surface area contributed by atoms with E-state index in [1.807, 2.05) is 0 Å². The molecule has 1 aliphatic heterocycles. The normalized spacial score (nSPS) is 24.4. The topological polar surface area (TPSA) is 56.1 Å². The summed E-state index contributed by atoms with van der Waals surface area (Å²) in [7, 11) is 1.63. The Hall–Kier alpha value is -0.880. The molecule has 1 fully saturated rings. The first-order chi connectivity index (χ1) is 8.62. The van der Waals surface area contributed by atoms with Gasteiger partial charge in [0.1, 0.15) is 4.47 Å². The first-order valence-electron chi connectivity index (χ1n) is 6.31. The van der Waals surface area contributed by atoms with Crippen LogP contribution in [0.2, 0.25) is 0 Å². The fraction of sp³-hybridized carbons (Fsp3) is 0.692. The minimum absolute atomic E-state index is 0.132. The number of nitrogens with one attached hydrogen (secondary N) is 1. The van der Waals surface area contributed by atoms with E-state index in [9.17, 15) is 4.79 Å². The zero-order valence-electron chi connectivity index (χ0n) is 12.0. The van der Waals surface area contributed by atoms with Crippen molar-refractivity contribution in [3.63, 3.8) is 0 Å². The number of anilines is 1. The predicted molar refractivity (Wildman–Crippen MR) is 78.4 cm³/mol. The molecule has 1 aromatic heterocycles. The Morgan fingerprint density at radius 3 is 2.63 bits per heavy atom. The van der Waals surface area contributed by atoms with Crippen LogP contribution in [-0.2, 0) is 11.8 Å². The Labute approximate surface area is 121 Å². The lowest BCUT2D eigenvalue weighted by Crippen LogP contribution is -2.38. The van der Waals surface area contributed by atoms with Crippen molar-refractivity contribution in [2.75, 3.05) is 5.32 Å². The molecule has 2 heterocycles. The average molecular weight is 330 g/mol. The average Bonchev–Trinajstić information content (AvgIpc) is 2.47. The lowest BCUT2D eigenvalue weighted by Gasteiger charge is -2.28. The first-order valence-corrected chi connectivity index (χ1v) is 7.10. The Morgan fingerprint density at radius 2 is 2.11 bits per heavy atom. The molecule has 1 aromatic rings. The minimum Gasteiger partial charge on any atom is -0.377 e. The molecule has 0 bridgehead atoms. The molecule has 0 spiro atoms. The van der Waals surface area contributed by atoms with Crippen molar-refractivity contribution in [2.24, 2.45) is 7.05 Å². The van der Waals surface area contributed by atoms with Gasteiger partial charge in [0.05, 0.1) is 29.1 Å². The van der Waals surface area contributed by atoms with E-state index in [-0.39, 0.29) is 22.8 Å². The molecule has 0 aromatic carbocycles. The van der Waals surface area contributed by atoms with Gasteiger partial charge in [-0.2, -0.15) is 5.10 Å². The van der Waals surface area contributed by atoms with E-state index in [1.54, 1.807) is 13.2 Å². The molecule has 1 aliphatic rings. The second kappa shape index (κ2) is 4.59. The number of hydrogen-bond donors (Lipinski definition) is 1. The zero-order chi connectivity index (χ0) is 14.4. The van der Waals surface area contributed by atoms with Gasteiger partial charge in [-0.3, -0.25) is 4.79 Å². The number of rotatable bonds is 2. The van der Waals surface area contributed by atoms with Gasteiger partial charge in [-0.15, -0.1) is 0 Å². The van der Waals surface area contributed by atoms with Crippen LogP contribution in [0.15, 0.2) is 15.5 Å². The molecule has 6 heteroatoms. The third-order valence-corrected chi connectivity index (χ3v) is 4.25. The van der Waals surface area contributed by atoms with Gasteiger partial charge >= 0.3 is 0 Å². The fourth-order valence-electron chi connectivity index (χ4n) is 2.59.